The molecule has 0 radical (unpaired) electrons. The van der Waals surface area contributed by atoms with E-state index in [0.717, 1.165) is 12.0 Å². The van der Waals surface area contributed by atoms with Crippen molar-refractivity contribution in [2.75, 3.05) is 19.7 Å². The van der Waals surface area contributed by atoms with Crippen LogP contribution in [-0.2, 0) is 37.3 Å². The van der Waals surface area contributed by atoms with E-state index in [4.69, 9.17) is 16.3 Å². The molecule has 3 rings (SSSR count). The maximum Gasteiger partial charge on any atom is 0.307 e. The van der Waals surface area contributed by atoms with Crippen molar-refractivity contribution in [3.63, 3.8) is 0 Å². The van der Waals surface area contributed by atoms with Crippen molar-refractivity contribution >= 4 is 44.8 Å². The zero-order valence-corrected chi connectivity index (χ0v) is 17.3. The summed E-state index contributed by atoms with van der Waals surface area (Å²) in [7, 11) is -3.77. The van der Waals surface area contributed by atoms with E-state index >= 15 is 0 Å². The summed E-state index contributed by atoms with van der Waals surface area (Å²) >= 11 is 7.47. The maximum atomic E-state index is 12.2. The minimum absolute atomic E-state index is 0.0152. The van der Waals surface area contributed by atoms with Crippen molar-refractivity contribution in [2.45, 2.75) is 24.3 Å². The number of sulfonamides is 1. The lowest BCUT2D eigenvalue weighted by Gasteiger charge is -2.26. The predicted octanol–water partition coefficient (Wildman–Crippen LogP) is 2.20. The number of thiophene rings is 1. The van der Waals surface area contributed by atoms with Crippen molar-refractivity contribution in [1.29, 1.82) is 0 Å². The van der Waals surface area contributed by atoms with Crippen LogP contribution in [0.15, 0.2) is 40.6 Å². The molecule has 1 N–H and O–H groups in total. The Morgan fingerprint density at radius 3 is 2.89 bits per heavy atom. The molecule has 0 spiro atoms. The number of fused-ring (bicyclic) bond motifs is 1. The van der Waals surface area contributed by atoms with Crippen LogP contribution in [0.5, 0.6) is 0 Å². The summed E-state index contributed by atoms with van der Waals surface area (Å²) < 4.78 is 31.6. The van der Waals surface area contributed by atoms with Gasteiger partial charge in [-0.15, -0.1) is 11.3 Å². The number of amides is 1. The van der Waals surface area contributed by atoms with E-state index in [1.165, 1.54) is 23.1 Å². The molecule has 0 fully saturated rings. The molecule has 150 valence electrons. The van der Waals surface area contributed by atoms with E-state index in [2.05, 4.69) is 4.72 Å². The summed E-state index contributed by atoms with van der Waals surface area (Å²) in [6, 6.07) is 7.81. The quantitative estimate of drug-likeness (QED) is 0.663. The second kappa shape index (κ2) is 9.04. The van der Waals surface area contributed by atoms with Crippen LogP contribution in [0, 0.1) is 0 Å². The van der Waals surface area contributed by atoms with E-state index < -0.39 is 16.0 Å². The number of nitrogens with one attached hydrogen (secondary N) is 1. The van der Waals surface area contributed by atoms with Crippen molar-refractivity contribution in [3.05, 3.63) is 51.2 Å². The van der Waals surface area contributed by atoms with Crippen LogP contribution in [0.2, 0.25) is 5.02 Å². The molecular weight excluding hydrogens is 424 g/mol. The number of hydrogen-bond acceptors (Lipinski definition) is 6. The monoisotopic (exact) mass is 442 g/mol. The van der Waals surface area contributed by atoms with Crippen LogP contribution in [0.25, 0.3) is 0 Å². The lowest BCUT2D eigenvalue weighted by molar-refractivity contribution is -0.152. The molecule has 0 unspecified atom stereocenters. The smallest absolute Gasteiger partial charge is 0.307 e. The van der Waals surface area contributed by atoms with Crippen molar-refractivity contribution in [3.8, 4) is 0 Å². The third kappa shape index (κ3) is 5.32. The average molecular weight is 443 g/mol. The van der Waals surface area contributed by atoms with Crippen LogP contribution < -0.4 is 4.72 Å². The van der Waals surface area contributed by atoms with Gasteiger partial charge in [-0.1, -0.05) is 17.7 Å². The molecule has 0 bridgehead atoms. The zero-order chi connectivity index (χ0) is 20.1. The van der Waals surface area contributed by atoms with Crippen LogP contribution in [0.4, 0.5) is 0 Å². The lowest BCUT2D eigenvalue weighted by Crippen LogP contribution is -2.38. The Kier molecular flexibility index (Phi) is 6.71. The Labute approximate surface area is 172 Å². The molecule has 7 nitrogen and oxygen atoms in total. The molecule has 10 heteroatoms. The van der Waals surface area contributed by atoms with Gasteiger partial charge in [0, 0.05) is 29.5 Å². The highest BCUT2D eigenvalue weighted by atomic mass is 35.5. The van der Waals surface area contributed by atoms with E-state index in [9.17, 15) is 18.0 Å². The fourth-order valence-corrected chi connectivity index (χ4v) is 4.99. The Morgan fingerprint density at radius 2 is 2.11 bits per heavy atom. The molecule has 0 atom stereocenters. The Balaban J connectivity index is 1.41. The molecule has 1 aromatic carbocycles. The van der Waals surface area contributed by atoms with Gasteiger partial charge in [-0.25, -0.2) is 13.1 Å². The summed E-state index contributed by atoms with van der Waals surface area (Å²) in [5.41, 5.74) is 1.13. The van der Waals surface area contributed by atoms with Gasteiger partial charge in [0.25, 0.3) is 5.91 Å². The second-order valence-electron chi connectivity index (χ2n) is 6.20. The van der Waals surface area contributed by atoms with E-state index in [1.54, 1.807) is 22.3 Å². The number of hydrogen-bond donors (Lipinski definition) is 1. The van der Waals surface area contributed by atoms with Crippen LogP contribution in [-0.4, -0.2) is 44.9 Å². The molecule has 0 aliphatic carbocycles. The fraction of sp³-hybridized carbons (Fsp3) is 0.333. The van der Waals surface area contributed by atoms with Gasteiger partial charge in [-0.3, -0.25) is 9.59 Å². The fourth-order valence-electron chi connectivity index (χ4n) is 2.77. The number of esters is 1. The van der Waals surface area contributed by atoms with Gasteiger partial charge in [0.05, 0.1) is 11.3 Å². The van der Waals surface area contributed by atoms with E-state index in [0.29, 0.717) is 18.1 Å². The van der Waals surface area contributed by atoms with Gasteiger partial charge in [0.15, 0.2) is 6.61 Å². The molecule has 1 amide bonds. The number of rotatable bonds is 7. The van der Waals surface area contributed by atoms with Gasteiger partial charge in [-0.05, 0) is 41.6 Å². The van der Waals surface area contributed by atoms with Crippen LogP contribution >= 0.6 is 22.9 Å². The predicted molar refractivity (Wildman–Crippen MR) is 106 cm³/mol. The topological polar surface area (TPSA) is 92.8 Å². The largest absolute Gasteiger partial charge is 0.456 e. The highest BCUT2D eigenvalue weighted by Gasteiger charge is 2.22. The van der Waals surface area contributed by atoms with Gasteiger partial charge in [0.1, 0.15) is 0 Å². The van der Waals surface area contributed by atoms with Crippen molar-refractivity contribution < 1.29 is 22.7 Å². The number of ether oxygens (including phenoxy) is 1. The van der Waals surface area contributed by atoms with Crippen molar-refractivity contribution in [2.24, 2.45) is 0 Å². The van der Waals surface area contributed by atoms with Gasteiger partial charge < -0.3 is 9.64 Å². The van der Waals surface area contributed by atoms with Gasteiger partial charge >= 0.3 is 5.97 Å². The van der Waals surface area contributed by atoms with E-state index in [1.807, 2.05) is 11.4 Å². The average Bonchev–Trinajstić information content (AvgIpc) is 3.13. The Bertz CT molecular complexity index is 974. The second-order valence-corrected chi connectivity index (χ2v) is 9.40. The van der Waals surface area contributed by atoms with Crippen LogP contribution in [0.3, 0.4) is 0 Å². The number of halogens is 1. The molecule has 0 saturated carbocycles. The summed E-state index contributed by atoms with van der Waals surface area (Å²) in [5, 5.41) is 2.30. The number of carbonyl (C=O) groups excluding carboxylic acids is 2. The first-order valence-corrected chi connectivity index (χ1v) is 11.3. The molecular formula is C18H19ClN2O5S2. The molecule has 2 aromatic rings. The number of nitrogens with zero attached hydrogens (tertiary/aromatic N) is 1. The Hall–Kier alpha value is -1.94. The van der Waals surface area contributed by atoms with E-state index in [-0.39, 0.29) is 30.4 Å². The molecule has 2 heterocycles. The minimum atomic E-state index is -3.77. The summed E-state index contributed by atoms with van der Waals surface area (Å²) in [4.78, 5) is 27.0. The van der Waals surface area contributed by atoms with Crippen LogP contribution in [0.1, 0.15) is 16.9 Å². The normalized spacial score (nSPS) is 13.8. The first kappa shape index (κ1) is 20.8. The highest BCUT2D eigenvalue weighted by molar-refractivity contribution is 7.89. The van der Waals surface area contributed by atoms with Crippen molar-refractivity contribution in [1.82, 2.24) is 9.62 Å². The molecule has 0 saturated heterocycles. The summed E-state index contributed by atoms with van der Waals surface area (Å²) in [6.07, 6.45) is 0.625. The van der Waals surface area contributed by atoms with Gasteiger partial charge in [-0.2, -0.15) is 0 Å². The zero-order valence-electron chi connectivity index (χ0n) is 14.9. The van der Waals surface area contributed by atoms with Gasteiger partial charge in [0.2, 0.25) is 10.0 Å². The molecule has 1 aromatic heterocycles. The lowest BCUT2D eigenvalue weighted by atomic mass is 10.1. The first-order chi connectivity index (χ1) is 13.3. The first-order valence-electron chi connectivity index (χ1n) is 8.59. The SMILES string of the molecule is O=C(CCNS(=O)(=O)c1cccc(Cl)c1)OCC(=O)N1CCc2sccc2C1. The number of benzene rings is 1. The Morgan fingerprint density at radius 1 is 1.29 bits per heavy atom. The number of carbonyl (C=O) groups is 2. The summed E-state index contributed by atoms with van der Waals surface area (Å²) in [5.74, 6) is -0.903. The molecule has 1 aliphatic rings. The summed E-state index contributed by atoms with van der Waals surface area (Å²) in [6.45, 7) is 0.640. The maximum absolute atomic E-state index is 12.2. The molecule has 1 aliphatic heterocycles. The third-order valence-electron chi connectivity index (χ3n) is 4.24. The molecule has 28 heavy (non-hydrogen) atoms. The minimum Gasteiger partial charge on any atom is -0.456 e. The third-order valence-corrected chi connectivity index (χ3v) is 6.96. The standard InChI is InChI=1S/C18H19ClN2O5S2/c19-14-2-1-3-15(10-14)28(24,25)20-7-4-18(23)26-12-17(22)21-8-5-16-13(11-21)6-9-27-16/h1-3,6,9-10,20H,4-5,7-8,11-12H2. The highest BCUT2D eigenvalue weighted by Crippen LogP contribution is 2.24.